The van der Waals surface area contributed by atoms with E-state index in [2.05, 4.69) is 168 Å². The second-order valence-corrected chi connectivity index (χ2v) is 111. The van der Waals surface area contributed by atoms with Crippen LogP contribution >= 0.6 is 0 Å². The minimum atomic E-state index is -2.89. The zero-order chi connectivity index (χ0) is 73.0. The summed E-state index contributed by atoms with van der Waals surface area (Å²) in [5.41, 5.74) is 0. The van der Waals surface area contributed by atoms with Crippen LogP contribution in [-0.2, 0) is 87.1 Å². The average molecular weight is 1660 g/mol. The summed E-state index contributed by atoms with van der Waals surface area (Å²) in [7, 11) is -55.5. The molecule has 0 saturated heterocycles. The zero-order valence-electron chi connectivity index (χ0n) is 66.0. The van der Waals surface area contributed by atoms with Crippen molar-refractivity contribution < 1.29 is 87.1 Å². The van der Waals surface area contributed by atoms with Crippen molar-refractivity contribution in [3.05, 3.63) is 0 Å². The summed E-state index contributed by atoms with van der Waals surface area (Å²) in [6.45, 7) is 88.2. The summed E-state index contributed by atoms with van der Waals surface area (Å²) in [6, 6.07) is 0. The molecule has 546 valence electrons. The van der Waals surface area contributed by atoms with Gasteiger partial charge in [-0.25, -0.2) is 0 Å². The molecule has 0 radical (unpaired) electrons. The van der Waals surface area contributed by atoms with Crippen molar-refractivity contribution in [3.8, 4) is 0 Å². The van der Waals surface area contributed by atoms with Gasteiger partial charge in [0.25, 0.3) is 0 Å². The second kappa shape index (κ2) is 32.5. The third kappa shape index (κ3) is 43.7. The van der Waals surface area contributed by atoms with Crippen molar-refractivity contribution in [1.29, 1.82) is 0 Å². The van der Waals surface area contributed by atoms with Crippen LogP contribution in [0.5, 0.6) is 0 Å². The van der Waals surface area contributed by atoms with Crippen LogP contribution in [0.4, 0.5) is 0 Å². The van der Waals surface area contributed by atoms with Gasteiger partial charge in [0, 0.05) is 19.3 Å². The van der Waals surface area contributed by atoms with Crippen molar-refractivity contribution in [1.82, 2.24) is 10.6 Å². The summed E-state index contributed by atoms with van der Waals surface area (Å²) in [5, 5.41) is 6.19. The topological polar surface area (TPSA) is 226 Å². The minimum Gasteiger partial charge on any atom is -0.435 e. The molecule has 0 heterocycles. The predicted molar refractivity (Wildman–Crippen MR) is 421 cm³/mol. The first kappa shape index (κ1) is 94.2. The SMILES string of the molecule is CNC[Si](C)(C)O[Si](C)(C)O[Si](C)(C)O[Si](C)(C)O[Si](C)(C)O[Si](C)(C)O[Si](C)(C)O[Si](C)(C)O[Si](C)(C)O[Si](C)(C)O[Si](C)(C)O[Si](C)(C)O[Si](C)(C)O[Si](C)(C)O[Si](C)(C)O[Si](C)(C)O[Si](C)(C)O[Si](C)(C)O[Si](C)(C)O[Si](C)(C)O[Si](C)(C)CNC(C)=O. The summed E-state index contributed by atoms with van der Waals surface area (Å²) < 4.78 is 137. The maximum Gasteiger partial charge on any atom is 0.314 e. The van der Waals surface area contributed by atoms with Crippen LogP contribution in [0.15, 0.2) is 0 Å². The Bertz CT molecular complexity index is 2330. The van der Waals surface area contributed by atoms with Crippen molar-refractivity contribution >= 4 is 185 Å². The van der Waals surface area contributed by atoms with Crippen LogP contribution in [0.3, 0.4) is 0 Å². The van der Waals surface area contributed by atoms with Gasteiger partial charge in [-0.05, 0) is 282 Å². The fraction of sp³-hybridized carbons (Fsp3) is 0.979. The lowest BCUT2D eigenvalue weighted by molar-refractivity contribution is -0.118. The lowest BCUT2D eigenvalue weighted by atomic mass is 10.7. The first-order valence-corrected chi connectivity index (χ1v) is 91.8. The normalized spacial score (nSPS) is 15.9. The van der Waals surface area contributed by atoms with E-state index in [9.17, 15) is 4.79 Å². The van der Waals surface area contributed by atoms with Crippen LogP contribution in [0, 0.1) is 0 Å². The first-order chi connectivity index (χ1) is 39.1. The lowest BCUT2D eigenvalue weighted by Crippen LogP contribution is -2.63. The van der Waals surface area contributed by atoms with Gasteiger partial charge in [-0.3, -0.25) is 4.79 Å². The maximum atomic E-state index is 11.6. The van der Waals surface area contributed by atoms with Gasteiger partial charge in [0.2, 0.25) is 5.91 Å². The fourth-order valence-corrected chi connectivity index (χ4v) is 121. The van der Waals surface area contributed by atoms with E-state index in [0.717, 1.165) is 6.17 Å². The lowest BCUT2D eigenvalue weighted by Gasteiger charge is -2.45. The largest absolute Gasteiger partial charge is 0.435 e. The van der Waals surface area contributed by atoms with E-state index >= 15 is 0 Å². The summed E-state index contributed by atoms with van der Waals surface area (Å²) in [5.74, 6) is -0.0727. The van der Waals surface area contributed by atoms with Crippen LogP contribution in [0.25, 0.3) is 0 Å². The molecule has 23 nitrogen and oxygen atoms in total. The Hall–Kier alpha value is 3.18. The Balaban J connectivity index is 5.85. The smallest absolute Gasteiger partial charge is 0.314 e. The molecule has 0 bridgehead atoms. The monoisotopic (exact) mass is 1650 g/mol. The maximum absolute atomic E-state index is 11.6. The molecular weight excluding hydrogens is 1520 g/mol. The molecule has 0 unspecified atom stereocenters. The molecule has 2 N–H and O–H groups in total. The highest BCUT2D eigenvalue weighted by Crippen LogP contribution is 2.35. The molecule has 0 aliphatic rings. The van der Waals surface area contributed by atoms with Crippen molar-refractivity contribution in [2.75, 3.05) is 19.4 Å². The van der Waals surface area contributed by atoms with Gasteiger partial charge in [0.15, 0.2) is 16.6 Å². The van der Waals surface area contributed by atoms with Crippen LogP contribution in [0.2, 0.25) is 275 Å². The van der Waals surface area contributed by atoms with E-state index in [-0.39, 0.29) is 5.91 Å². The van der Waals surface area contributed by atoms with E-state index in [1.54, 1.807) is 0 Å². The third-order valence-corrected chi connectivity index (χ3v) is 92.6. The third-order valence-electron chi connectivity index (χ3n) is 11.3. The molecule has 0 saturated carbocycles. The molecule has 0 fully saturated rings. The van der Waals surface area contributed by atoms with E-state index < -0.39 is 179 Å². The number of carbonyl (C=O) groups is 1. The Morgan fingerprint density at radius 3 is 0.396 bits per heavy atom. The Morgan fingerprint density at radius 1 is 0.198 bits per heavy atom. The van der Waals surface area contributed by atoms with Gasteiger partial charge < -0.3 is 92.9 Å². The van der Waals surface area contributed by atoms with Gasteiger partial charge in [-0.2, -0.15) is 0 Å². The molecule has 1 amide bonds. The highest BCUT2D eigenvalue weighted by atomic mass is 28.6. The number of hydrogen-bond acceptors (Lipinski definition) is 22. The second-order valence-electron chi connectivity index (χ2n) is 33.6. The van der Waals surface area contributed by atoms with Crippen LogP contribution < -0.4 is 10.6 Å². The Labute approximate surface area is 579 Å². The van der Waals surface area contributed by atoms with Crippen molar-refractivity contribution in [2.24, 2.45) is 0 Å². The molecule has 0 atom stereocenters. The van der Waals surface area contributed by atoms with Gasteiger partial charge in [-0.15, -0.1) is 0 Å². The molecule has 0 aromatic heterocycles. The van der Waals surface area contributed by atoms with Crippen molar-refractivity contribution in [2.45, 2.75) is 282 Å². The van der Waals surface area contributed by atoms with Crippen LogP contribution in [-0.4, -0.2) is 205 Å². The standard InChI is InChI=1S/C47H138N2O21Si21/c1-47(50)49-46-72(5,6)52-74(9,10)54-76(13,14)56-78(17,18)58-80(21,22)60-82(25,26)62-84(29,30)64-86(33,34)66-88(37,38)68-90(41,42)70-91(43,44)69-89(39,40)67-87(35,36)65-85(31,32)63-83(27,28)61-81(23,24)59-79(19,20)57-77(15,16)55-75(11,12)53-73(7,8)51-71(3,4)45-48-2/h48H,45-46H2,1-44H3,(H,49,50). The highest BCUT2D eigenvalue weighted by molar-refractivity contribution is 6.96. The molecule has 91 heavy (non-hydrogen) atoms. The summed E-state index contributed by atoms with van der Waals surface area (Å²) in [4.78, 5) is 11.6. The van der Waals surface area contributed by atoms with Crippen molar-refractivity contribution in [3.63, 3.8) is 0 Å². The molecule has 0 rings (SSSR count). The van der Waals surface area contributed by atoms with E-state index in [1.807, 2.05) is 125 Å². The van der Waals surface area contributed by atoms with E-state index in [0.29, 0.717) is 6.17 Å². The first-order valence-electron chi connectivity index (χ1n) is 32.0. The van der Waals surface area contributed by atoms with Gasteiger partial charge in [0.1, 0.15) is 0 Å². The fourth-order valence-electron chi connectivity index (χ4n) is 13.2. The molecule has 0 aliphatic carbocycles. The zero-order valence-corrected chi connectivity index (χ0v) is 87.0. The summed E-state index contributed by atoms with van der Waals surface area (Å²) >= 11 is 0. The number of amides is 1. The molecular formula is C47H138N2O21Si21. The van der Waals surface area contributed by atoms with Gasteiger partial charge in [0.05, 0.1) is 0 Å². The number of nitrogens with one attached hydrogen (secondary N) is 2. The Kier molecular flexibility index (Phi) is 33.6. The minimum absolute atomic E-state index is 0.0727. The molecule has 0 spiro atoms. The predicted octanol–water partition coefficient (Wildman–Crippen LogP) is 14.5. The molecule has 0 aromatic rings. The summed E-state index contributed by atoms with van der Waals surface area (Å²) in [6.07, 6.45) is 1.36. The van der Waals surface area contributed by atoms with E-state index in [1.165, 1.54) is 6.92 Å². The van der Waals surface area contributed by atoms with Gasteiger partial charge in [-0.1, -0.05) is 0 Å². The molecule has 44 heteroatoms. The van der Waals surface area contributed by atoms with E-state index in [4.69, 9.17) is 82.3 Å². The molecule has 0 aliphatic heterocycles. The average Bonchev–Trinajstić information content (AvgIpc) is 0.848. The van der Waals surface area contributed by atoms with Crippen LogP contribution in [0.1, 0.15) is 6.92 Å². The Morgan fingerprint density at radius 2 is 0.297 bits per heavy atom. The quantitative estimate of drug-likeness (QED) is 0.0541. The number of rotatable bonds is 44. The molecule has 0 aromatic carbocycles. The number of hydrogen-bond donors (Lipinski definition) is 2. The highest BCUT2D eigenvalue weighted by Gasteiger charge is 2.55. The number of carbonyl (C=O) groups excluding carboxylic acids is 1. The van der Waals surface area contributed by atoms with Gasteiger partial charge >= 0.3 is 163 Å².